The molecule has 0 radical (unpaired) electrons. The zero-order valence-corrected chi connectivity index (χ0v) is 11.1. The molecular weight excluding hydrogens is 242 g/mol. The predicted octanol–water partition coefficient (Wildman–Crippen LogP) is 2.24. The van der Waals surface area contributed by atoms with E-state index in [2.05, 4.69) is 10.1 Å². The predicted molar refractivity (Wildman–Crippen MR) is 72.8 cm³/mol. The number of hydrogen-bond acceptors (Lipinski definition) is 4. The number of hydrogen-bond donors (Lipinski definition) is 1. The maximum atomic E-state index is 8.68. The van der Waals surface area contributed by atoms with E-state index in [1.54, 1.807) is 13.1 Å². The molecule has 0 aliphatic carbocycles. The second-order valence-electron chi connectivity index (χ2n) is 4.26. The molecule has 2 rings (SSSR count). The van der Waals surface area contributed by atoms with Crippen molar-refractivity contribution < 1.29 is 9.94 Å². The third kappa shape index (κ3) is 3.34. The maximum absolute atomic E-state index is 8.68. The fraction of sp³-hybridized carbons (Fsp3) is 0.286. The summed E-state index contributed by atoms with van der Waals surface area (Å²) in [5.74, 6) is 1.79. The summed E-state index contributed by atoms with van der Waals surface area (Å²) in [6, 6.07) is 7.46. The summed E-state index contributed by atoms with van der Waals surface area (Å²) in [6.07, 6.45) is 4.46. The molecule has 19 heavy (non-hydrogen) atoms. The summed E-state index contributed by atoms with van der Waals surface area (Å²) in [4.78, 5) is 4.23. The second-order valence-corrected chi connectivity index (χ2v) is 4.26. The molecule has 0 saturated heterocycles. The third-order valence-corrected chi connectivity index (χ3v) is 2.94. The summed E-state index contributed by atoms with van der Waals surface area (Å²) in [5, 5.41) is 11.8. The standard InChI is InChI=1S/C14H17N3O2/c1-11(16-18)12-3-5-13(6-4-12)19-10-7-14-15-8-9-17(14)2/h3-6,8-9,18H,7,10H2,1-2H3/b16-11-. The average Bonchev–Trinajstić information content (AvgIpc) is 2.84. The third-order valence-electron chi connectivity index (χ3n) is 2.94. The zero-order chi connectivity index (χ0) is 13.7. The molecule has 0 unspecified atom stereocenters. The van der Waals surface area contributed by atoms with Crippen LogP contribution < -0.4 is 4.74 Å². The number of oxime groups is 1. The summed E-state index contributed by atoms with van der Waals surface area (Å²) in [5.41, 5.74) is 1.46. The van der Waals surface area contributed by atoms with Crippen LogP contribution in [0.5, 0.6) is 5.75 Å². The van der Waals surface area contributed by atoms with E-state index in [4.69, 9.17) is 9.94 Å². The minimum Gasteiger partial charge on any atom is -0.493 e. The van der Waals surface area contributed by atoms with Gasteiger partial charge >= 0.3 is 0 Å². The molecule has 0 aliphatic heterocycles. The lowest BCUT2D eigenvalue weighted by molar-refractivity contribution is 0.317. The van der Waals surface area contributed by atoms with Gasteiger partial charge in [-0.1, -0.05) is 5.16 Å². The number of aromatic nitrogens is 2. The highest BCUT2D eigenvalue weighted by atomic mass is 16.5. The van der Waals surface area contributed by atoms with Gasteiger partial charge in [-0.15, -0.1) is 0 Å². The van der Waals surface area contributed by atoms with Crippen molar-refractivity contribution in [3.05, 3.63) is 48.0 Å². The topological polar surface area (TPSA) is 59.6 Å². The number of aryl methyl sites for hydroxylation is 1. The van der Waals surface area contributed by atoms with Crippen LogP contribution in [0.2, 0.25) is 0 Å². The van der Waals surface area contributed by atoms with Gasteiger partial charge in [0.15, 0.2) is 0 Å². The van der Waals surface area contributed by atoms with Crippen LogP contribution in [-0.2, 0) is 13.5 Å². The fourth-order valence-corrected chi connectivity index (χ4v) is 1.75. The molecule has 100 valence electrons. The van der Waals surface area contributed by atoms with Crippen LogP contribution >= 0.6 is 0 Å². The quantitative estimate of drug-likeness (QED) is 0.509. The van der Waals surface area contributed by atoms with Gasteiger partial charge in [-0.05, 0) is 36.8 Å². The number of rotatable bonds is 5. The van der Waals surface area contributed by atoms with Gasteiger partial charge in [-0.2, -0.15) is 0 Å². The van der Waals surface area contributed by atoms with Gasteiger partial charge in [0.25, 0.3) is 0 Å². The largest absolute Gasteiger partial charge is 0.493 e. The lowest BCUT2D eigenvalue weighted by atomic mass is 10.1. The number of ether oxygens (including phenoxy) is 1. The molecular formula is C14H17N3O2. The van der Waals surface area contributed by atoms with Crippen LogP contribution in [0.3, 0.4) is 0 Å². The molecule has 1 aromatic carbocycles. The normalized spacial score (nSPS) is 11.6. The van der Waals surface area contributed by atoms with Gasteiger partial charge in [-0.3, -0.25) is 0 Å². The Morgan fingerprint density at radius 1 is 1.37 bits per heavy atom. The van der Waals surface area contributed by atoms with E-state index < -0.39 is 0 Å². The van der Waals surface area contributed by atoms with E-state index >= 15 is 0 Å². The van der Waals surface area contributed by atoms with E-state index in [0.717, 1.165) is 23.6 Å². The number of benzene rings is 1. The molecule has 5 heteroatoms. The molecule has 2 aromatic rings. The Labute approximate surface area is 112 Å². The van der Waals surface area contributed by atoms with Gasteiger partial charge in [0, 0.05) is 25.9 Å². The Morgan fingerprint density at radius 3 is 2.68 bits per heavy atom. The van der Waals surface area contributed by atoms with Crippen molar-refractivity contribution in [2.45, 2.75) is 13.3 Å². The van der Waals surface area contributed by atoms with Crippen molar-refractivity contribution in [2.24, 2.45) is 12.2 Å². The fourth-order valence-electron chi connectivity index (χ4n) is 1.75. The average molecular weight is 259 g/mol. The van der Waals surface area contributed by atoms with E-state index in [-0.39, 0.29) is 0 Å². The Balaban J connectivity index is 1.88. The summed E-state index contributed by atoms with van der Waals surface area (Å²) < 4.78 is 7.63. The second kappa shape index (κ2) is 6.04. The lowest BCUT2D eigenvalue weighted by Gasteiger charge is -2.07. The molecule has 0 fully saturated rings. The first-order chi connectivity index (χ1) is 9.20. The van der Waals surface area contributed by atoms with Gasteiger partial charge < -0.3 is 14.5 Å². The minimum absolute atomic E-state index is 0.581. The molecule has 0 atom stereocenters. The van der Waals surface area contributed by atoms with Gasteiger partial charge in [0.2, 0.25) is 0 Å². The molecule has 0 aliphatic rings. The molecule has 1 heterocycles. The highest BCUT2D eigenvalue weighted by molar-refractivity contribution is 5.98. The minimum atomic E-state index is 0.581. The molecule has 1 aromatic heterocycles. The van der Waals surface area contributed by atoms with Crippen molar-refractivity contribution in [3.63, 3.8) is 0 Å². The van der Waals surface area contributed by atoms with E-state index in [1.165, 1.54) is 0 Å². The molecule has 5 nitrogen and oxygen atoms in total. The highest BCUT2D eigenvalue weighted by Gasteiger charge is 2.01. The van der Waals surface area contributed by atoms with Crippen LogP contribution in [0, 0.1) is 0 Å². The molecule has 0 amide bonds. The summed E-state index contributed by atoms with van der Waals surface area (Å²) in [7, 11) is 1.97. The van der Waals surface area contributed by atoms with Crippen LogP contribution in [0.4, 0.5) is 0 Å². The van der Waals surface area contributed by atoms with Crippen LogP contribution in [-0.4, -0.2) is 27.1 Å². The summed E-state index contributed by atoms with van der Waals surface area (Å²) in [6.45, 7) is 2.33. The van der Waals surface area contributed by atoms with Gasteiger partial charge in [-0.25, -0.2) is 4.98 Å². The Kier molecular flexibility index (Phi) is 4.18. The first-order valence-corrected chi connectivity index (χ1v) is 6.09. The van der Waals surface area contributed by atoms with E-state index in [0.29, 0.717) is 12.3 Å². The lowest BCUT2D eigenvalue weighted by Crippen LogP contribution is -2.06. The van der Waals surface area contributed by atoms with E-state index in [9.17, 15) is 0 Å². The SMILES string of the molecule is C/C(=N/O)c1ccc(OCCc2nccn2C)cc1. The molecule has 0 bridgehead atoms. The van der Waals surface area contributed by atoms with Crippen molar-refractivity contribution >= 4 is 5.71 Å². The van der Waals surface area contributed by atoms with Crippen molar-refractivity contribution in [1.82, 2.24) is 9.55 Å². The van der Waals surface area contributed by atoms with Gasteiger partial charge in [0.05, 0.1) is 12.3 Å². The summed E-state index contributed by atoms with van der Waals surface area (Å²) >= 11 is 0. The first-order valence-electron chi connectivity index (χ1n) is 6.09. The van der Waals surface area contributed by atoms with Crippen molar-refractivity contribution in [2.75, 3.05) is 6.61 Å². The monoisotopic (exact) mass is 259 g/mol. The van der Waals surface area contributed by atoms with Crippen LogP contribution in [0.15, 0.2) is 41.8 Å². The zero-order valence-electron chi connectivity index (χ0n) is 11.1. The van der Waals surface area contributed by atoms with Crippen molar-refractivity contribution in [3.8, 4) is 5.75 Å². The first kappa shape index (κ1) is 13.1. The van der Waals surface area contributed by atoms with E-state index in [1.807, 2.05) is 42.1 Å². The number of imidazole rings is 1. The smallest absolute Gasteiger partial charge is 0.119 e. The van der Waals surface area contributed by atoms with Crippen LogP contribution in [0.25, 0.3) is 0 Å². The Morgan fingerprint density at radius 2 is 2.11 bits per heavy atom. The van der Waals surface area contributed by atoms with Crippen molar-refractivity contribution in [1.29, 1.82) is 0 Å². The Bertz CT molecular complexity index is 558. The maximum Gasteiger partial charge on any atom is 0.119 e. The molecule has 1 N–H and O–H groups in total. The highest BCUT2D eigenvalue weighted by Crippen LogP contribution is 2.13. The van der Waals surface area contributed by atoms with Gasteiger partial charge in [0.1, 0.15) is 11.6 Å². The van der Waals surface area contributed by atoms with Crippen LogP contribution in [0.1, 0.15) is 18.3 Å². The number of nitrogens with zero attached hydrogens (tertiary/aromatic N) is 3. The molecule has 0 spiro atoms. The molecule has 0 saturated carbocycles. The Hall–Kier alpha value is -2.30.